The molecule has 1 unspecified atom stereocenters. The summed E-state index contributed by atoms with van der Waals surface area (Å²) in [6.45, 7) is -0.220. The van der Waals surface area contributed by atoms with Crippen LogP contribution in [-0.2, 0) is 6.54 Å². The molecule has 0 aromatic carbocycles. The van der Waals surface area contributed by atoms with Gasteiger partial charge in [0.1, 0.15) is 29.1 Å². The van der Waals surface area contributed by atoms with Gasteiger partial charge < -0.3 is 19.9 Å². The number of rotatable bonds is 7. The zero-order valence-electron chi connectivity index (χ0n) is 17.1. The van der Waals surface area contributed by atoms with Crippen LogP contribution in [0.4, 0.5) is 10.2 Å². The zero-order chi connectivity index (χ0) is 22.7. The molecule has 0 fully saturated rings. The summed E-state index contributed by atoms with van der Waals surface area (Å²) in [5.41, 5.74) is 0.744. The minimum absolute atomic E-state index is 0.100. The molecule has 0 spiro atoms. The second-order valence-corrected chi connectivity index (χ2v) is 7.00. The van der Waals surface area contributed by atoms with Crippen LogP contribution in [0.15, 0.2) is 65.8 Å². The van der Waals surface area contributed by atoms with E-state index in [0.29, 0.717) is 11.3 Å². The average Bonchev–Trinajstić information content (AvgIpc) is 3.31. The van der Waals surface area contributed by atoms with Gasteiger partial charge in [-0.1, -0.05) is 6.07 Å². The Morgan fingerprint density at radius 1 is 1.22 bits per heavy atom. The molecule has 4 rings (SSSR count). The highest BCUT2D eigenvalue weighted by molar-refractivity contribution is 5.93. The highest BCUT2D eigenvalue weighted by atomic mass is 19.1. The van der Waals surface area contributed by atoms with E-state index in [4.69, 9.17) is 0 Å². The number of aliphatic hydroxyl groups is 1. The van der Waals surface area contributed by atoms with Crippen LogP contribution in [0.25, 0.3) is 5.65 Å². The molecule has 10 nitrogen and oxygen atoms in total. The lowest BCUT2D eigenvalue weighted by Crippen LogP contribution is -2.46. The van der Waals surface area contributed by atoms with Crippen LogP contribution in [0.5, 0.6) is 0 Å². The van der Waals surface area contributed by atoms with Crippen LogP contribution in [0, 0.1) is 5.82 Å². The van der Waals surface area contributed by atoms with Crippen molar-refractivity contribution in [2.75, 3.05) is 19.0 Å². The molecule has 0 radical (unpaired) electrons. The number of hydrogen-bond acceptors (Lipinski definition) is 7. The van der Waals surface area contributed by atoms with Crippen LogP contribution in [0.3, 0.4) is 0 Å². The third kappa shape index (κ3) is 4.18. The van der Waals surface area contributed by atoms with Crippen LogP contribution in [-0.4, -0.2) is 59.9 Å². The number of aromatic nitrogens is 5. The molecule has 4 heterocycles. The van der Waals surface area contributed by atoms with Crippen molar-refractivity contribution in [3.63, 3.8) is 0 Å². The Labute approximate surface area is 181 Å². The van der Waals surface area contributed by atoms with Gasteiger partial charge >= 0.3 is 0 Å². The van der Waals surface area contributed by atoms with Gasteiger partial charge in [-0.15, -0.1) is 0 Å². The molecule has 4 aromatic rings. The van der Waals surface area contributed by atoms with Crippen LogP contribution >= 0.6 is 0 Å². The minimum Gasteiger partial charge on any atom is -0.392 e. The first kappa shape index (κ1) is 21.1. The van der Waals surface area contributed by atoms with Gasteiger partial charge in [0.05, 0.1) is 31.2 Å². The van der Waals surface area contributed by atoms with Crippen molar-refractivity contribution in [1.29, 1.82) is 0 Å². The van der Waals surface area contributed by atoms with Gasteiger partial charge in [0.15, 0.2) is 0 Å². The summed E-state index contributed by atoms with van der Waals surface area (Å²) in [6, 6.07) is 10.9. The number of carbonyl (C=O) groups excluding carboxylic acids is 1. The van der Waals surface area contributed by atoms with E-state index in [1.807, 2.05) is 6.07 Å². The van der Waals surface area contributed by atoms with E-state index in [-0.39, 0.29) is 18.1 Å². The van der Waals surface area contributed by atoms with Crippen molar-refractivity contribution in [2.45, 2.75) is 12.7 Å². The lowest BCUT2D eigenvalue weighted by molar-refractivity contribution is 0.0680. The predicted octanol–water partition coefficient (Wildman–Crippen LogP) is 0.976. The quantitative estimate of drug-likeness (QED) is 0.414. The summed E-state index contributed by atoms with van der Waals surface area (Å²) in [5.74, 6) is -0.745. The van der Waals surface area contributed by atoms with E-state index < -0.39 is 30.1 Å². The highest BCUT2D eigenvalue weighted by Crippen LogP contribution is 2.14. The number of pyridine rings is 2. The average molecular weight is 437 g/mol. The Hall–Kier alpha value is -4.12. The van der Waals surface area contributed by atoms with Crippen molar-refractivity contribution >= 4 is 17.4 Å². The lowest BCUT2D eigenvalue weighted by Gasteiger charge is -2.29. The maximum absolute atomic E-state index is 13.4. The van der Waals surface area contributed by atoms with Gasteiger partial charge in [-0.2, -0.15) is 9.61 Å². The van der Waals surface area contributed by atoms with Crippen molar-refractivity contribution in [2.24, 2.45) is 0 Å². The molecule has 11 heteroatoms. The third-order valence-corrected chi connectivity index (χ3v) is 4.93. The van der Waals surface area contributed by atoms with E-state index in [1.165, 1.54) is 40.9 Å². The van der Waals surface area contributed by atoms with E-state index in [2.05, 4.69) is 20.4 Å². The van der Waals surface area contributed by atoms with Crippen molar-refractivity contribution in [3.8, 4) is 0 Å². The highest BCUT2D eigenvalue weighted by Gasteiger charge is 2.25. The van der Waals surface area contributed by atoms with E-state index in [9.17, 15) is 19.1 Å². The summed E-state index contributed by atoms with van der Waals surface area (Å²) in [4.78, 5) is 35.4. The Bertz CT molecular complexity index is 1290. The number of amides is 1. The van der Waals surface area contributed by atoms with Crippen molar-refractivity contribution in [3.05, 3.63) is 88.6 Å². The smallest absolute Gasteiger partial charge is 0.275 e. The fourth-order valence-corrected chi connectivity index (χ4v) is 3.27. The van der Waals surface area contributed by atoms with Crippen LogP contribution < -0.4 is 10.9 Å². The SMILES string of the molecule is CN(C(=O)c1cc(=O)n2nccc2n1Cc1ccccn1)C(CO)Nc1ccc(F)cn1. The molecule has 164 valence electrons. The number of nitrogens with one attached hydrogen (secondary N) is 1. The number of fused-ring (bicyclic) bond motifs is 1. The maximum Gasteiger partial charge on any atom is 0.275 e. The summed E-state index contributed by atoms with van der Waals surface area (Å²) >= 11 is 0. The fraction of sp³-hybridized carbons (Fsp3) is 0.190. The molecule has 0 aliphatic carbocycles. The molecular formula is C21H20FN7O3. The van der Waals surface area contributed by atoms with Gasteiger partial charge in [-0.3, -0.25) is 14.6 Å². The van der Waals surface area contributed by atoms with Gasteiger partial charge in [-0.05, 0) is 24.3 Å². The van der Waals surface area contributed by atoms with Gasteiger partial charge in [0.2, 0.25) is 0 Å². The standard InChI is InChI=1S/C21H20FN7O3/c1-27(18(13-30)26-17-6-5-14(22)11-24-17)21(32)16-10-20(31)29-19(7-9-25-29)28(16)12-15-4-2-3-8-23-15/h2-11,18,30H,12-13H2,1H3,(H,24,26). The van der Waals surface area contributed by atoms with Crippen molar-refractivity contribution < 1.29 is 14.3 Å². The molecule has 0 aliphatic rings. The molecular weight excluding hydrogens is 417 g/mol. The summed E-state index contributed by atoms with van der Waals surface area (Å²) in [5, 5.41) is 16.8. The number of anilines is 1. The molecule has 2 N–H and O–H groups in total. The number of nitrogens with zero attached hydrogens (tertiary/aromatic N) is 6. The minimum atomic E-state index is -0.875. The van der Waals surface area contributed by atoms with Crippen molar-refractivity contribution in [1.82, 2.24) is 29.0 Å². The topological polar surface area (TPSA) is 118 Å². The third-order valence-electron chi connectivity index (χ3n) is 4.93. The number of aliphatic hydroxyl groups excluding tert-OH is 1. The first-order chi connectivity index (χ1) is 15.5. The van der Waals surface area contributed by atoms with Gasteiger partial charge in [0.25, 0.3) is 11.5 Å². The number of halogens is 1. The first-order valence-corrected chi connectivity index (χ1v) is 9.71. The molecule has 0 bridgehead atoms. The maximum atomic E-state index is 13.4. The molecule has 0 saturated heterocycles. The predicted molar refractivity (Wildman–Crippen MR) is 114 cm³/mol. The molecule has 0 saturated carbocycles. The molecule has 1 amide bonds. The van der Waals surface area contributed by atoms with Gasteiger partial charge in [-0.25, -0.2) is 9.37 Å². The molecule has 4 aromatic heterocycles. The molecule has 0 aliphatic heterocycles. The first-order valence-electron chi connectivity index (χ1n) is 9.71. The number of likely N-dealkylation sites (N-methyl/N-ethyl adjacent to an activating group) is 1. The lowest BCUT2D eigenvalue weighted by atomic mass is 10.2. The molecule has 1 atom stereocenters. The summed E-state index contributed by atoms with van der Waals surface area (Å²) < 4.78 is 16.0. The van der Waals surface area contributed by atoms with Gasteiger partial charge in [0, 0.05) is 25.4 Å². The van der Waals surface area contributed by atoms with E-state index in [1.54, 1.807) is 29.0 Å². The largest absolute Gasteiger partial charge is 0.392 e. The normalized spacial score (nSPS) is 12.0. The monoisotopic (exact) mass is 437 g/mol. The fourth-order valence-electron chi connectivity index (χ4n) is 3.27. The number of hydrogen-bond donors (Lipinski definition) is 2. The van der Waals surface area contributed by atoms with Crippen LogP contribution in [0.2, 0.25) is 0 Å². The zero-order valence-corrected chi connectivity index (χ0v) is 17.1. The Morgan fingerprint density at radius 2 is 2.06 bits per heavy atom. The second-order valence-electron chi connectivity index (χ2n) is 7.00. The van der Waals surface area contributed by atoms with E-state index >= 15 is 0 Å². The Morgan fingerprint density at radius 3 is 2.75 bits per heavy atom. The molecule has 32 heavy (non-hydrogen) atoms. The Balaban J connectivity index is 1.70. The number of carbonyl (C=O) groups is 1. The Kier molecular flexibility index (Phi) is 5.90. The second kappa shape index (κ2) is 8.94. The van der Waals surface area contributed by atoms with Crippen LogP contribution in [0.1, 0.15) is 16.2 Å². The van der Waals surface area contributed by atoms with E-state index in [0.717, 1.165) is 6.20 Å². The summed E-state index contributed by atoms with van der Waals surface area (Å²) in [7, 11) is 1.48. The summed E-state index contributed by atoms with van der Waals surface area (Å²) in [6.07, 6.45) is 3.26.